The van der Waals surface area contributed by atoms with Crippen molar-refractivity contribution in [2.75, 3.05) is 20.2 Å². The van der Waals surface area contributed by atoms with Crippen LogP contribution in [0.5, 0.6) is 0 Å². The molecule has 0 radical (unpaired) electrons. The summed E-state index contributed by atoms with van der Waals surface area (Å²) < 4.78 is 4.72. The number of nitrogens with two attached hydrogens (primary N) is 1. The SMILES string of the molecule is COC(=O)C(C)(C)CN(CC(N)=O)C(C)C. The van der Waals surface area contributed by atoms with Gasteiger partial charge in [0.15, 0.2) is 0 Å². The molecule has 0 saturated heterocycles. The minimum atomic E-state index is -0.644. The number of primary amides is 1. The van der Waals surface area contributed by atoms with E-state index < -0.39 is 11.3 Å². The van der Waals surface area contributed by atoms with Crippen molar-refractivity contribution in [3.63, 3.8) is 0 Å². The van der Waals surface area contributed by atoms with Gasteiger partial charge in [0, 0.05) is 12.6 Å². The molecule has 5 heteroatoms. The Bertz CT molecular complexity index is 262. The predicted molar refractivity (Wildman–Crippen MR) is 61.7 cm³/mol. The van der Waals surface area contributed by atoms with Crippen molar-refractivity contribution in [3.8, 4) is 0 Å². The summed E-state index contributed by atoms with van der Waals surface area (Å²) in [4.78, 5) is 24.3. The lowest BCUT2D eigenvalue weighted by atomic mass is 9.92. The third kappa shape index (κ3) is 4.61. The van der Waals surface area contributed by atoms with Crippen molar-refractivity contribution in [1.82, 2.24) is 4.90 Å². The first-order valence-electron chi connectivity index (χ1n) is 5.31. The number of hydrogen-bond acceptors (Lipinski definition) is 4. The number of rotatable bonds is 6. The number of methoxy groups -OCH3 is 1. The Morgan fingerprint density at radius 3 is 2.19 bits per heavy atom. The molecule has 16 heavy (non-hydrogen) atoms. The Morgan fingerprint density at radius 1 is 1.38 bits per heavy atom. The Kier molecular flexibility index (Phi) is 5.44. The van der Waals surface area contributed by atoms with Gasteiger partial charge < -0.3 is 10.5 Å². The van der Waals surface area contributed by atoms with E-state index in [0.29, 0.717) is 6.54 Å². The molecule has 0 aliphatic rings. The molecule has 0 aliphatic heterocycles. The zero-order chi connectivity index (χ0) is 12.9. The Labute approximate surface area is 96.9 Å². The van der Waals surface area contributed by atoms with Crippen molar-refractivity contribution in [1.29, 1.82) is 0 Å². The van der Waals surface area contributed by atoms with Crippen LogP contribution in [-0.4, -0.2) is 43.0 Å². The molecule has 5 nitrogen and oxygen atoms in total. The number of esters is 1. The van der Waals surface area contributed by atoms with Gasteiger partial charge in [0.05, 0.1) is 19.1 Å². The van der Waals surface area contributed by atoms with Gasteiger partial charge in [0.2, 0.25) is 5.91 Å². The maximum absolute atomic E-state index is 11.5. The fourth-order valence-corrected chi connectivity index (χ4v) is 1.47. The van der Waals surface area contributed by atoms with E-state index in [9.17, 15) is 9.59 Å². The van der Waals surface area contributed by atoms with E-state index in [1.807, 2.05) is 18.7 Å². The van der Waals surface area contributed by atoms with Crippen molar-refractivity contribution < 1.29 is 14.3 Å². The second kappa shape index (κ2) is 5.84. The minimum absolute atomic E-state index is 0.149. The average Bonchev–Trinajstić information content (AvgIpc) is 2.14. The third-order valence-electron chi connectivity index (χ3n) is 2.43. The standard InChI is InChI=1S/C11H22N2O3/c1-8(2)13(6-9(12)14)7-11(3,4)10(15)16-5/h8H,6-7H2,1-5H3,(H2,12,14). The van der Waals surface area contributed by atoms with Crippen LogP contribution in [0.4, 0.5) is 0 Å². The van der Waals surface area contributed by atoms with E-state index in [4.69, 9.17) is 10.5 Å². The first kappa shape index (κ1) is 14.9. The molecule has 0 bridgehead atoms. The van der Waals surface area contributed by atoms with Gasteiger partial charge in [-0.1, -0.05) is 0 Å². The van der Waals surface area contributed by atoms with Crippen molar-refractivity contribution in [2.24, 2.45) is 11.1 Å². The van der Waals surface area contributed by atoms with Crippen LogP contribution in [-0.2, 0) is 14.3 Å². The van der Waals surface area contributed by atoms with Crippen molar-refractivity contribution >= 4 is 11.9 Å². The highest BCUT2D eigenvalue weighted by Gasteiger charge is 2.32. The van der Waals surface area contributed by atoms with Gasteiger partial charge in [-0.05, 0) is 27.7 Å². The summed E-state index contributed by atoms with van der Waals surface area (Å²) in [6.45, 7) is 8.08. The molecule has 0 aromatic rings. The van der Waals surface area contributed by atoms with Gasteiger partial charge in [0.25, 0.3) is 0 Å². The lowest BCUT2D eigenvalue weighted by Gasteiger charge is -2.32. The summed E-state index contributed by atoms with van der Waals surface area (Å²) >= 11 is 0. The van der Waals surface area contributed by atoms with Crippen LogP contribution in [0.2, 0.25) is 0 Å². The van der Waals surface area contributed by atoms with Gasteiger partial charge in [-0.2, -0.15) is 0 Å². The first-order valence-corrected chi connectivity index (χ1v) is 5.31. The molecular formula is C11H22N2O3. The predicted octanol–water partition coefficient (Wildman–Crippen LogP) is 0.381. The number of nitrogens with zero attached hydrogens (tertiary/aromatic N) is 1. The summed E-state index contributed by atoms with van der Waals surface area (Å²) in [5, 5.41) is 0. The van der Waals surface area contributed by atoms with Gasteiger partial charge in [-0.3, -0.25) is 14.5 Å². The van der Waals surface area contributed by atoms with Gasteiger partial charge >= 0.3 is 5.97 Å². The number of hydrogen-bond donors (Lipinski definition) is 1. The minimum Gasteiger partial charge on any atom is -0.469 e. The summed E-state index contributed by atoms with van der Waals surface area (Å²) in [5.41, 5.74) is 4.52. The molecule has 0 fully saturated rings. The first-order chi connectivity index (χ1) is 7.20. The highest BCUT2D eigenvalue weighted by Crippen LogP contribution is 2.20. The zero-order valence-corrected chi connectivity index (χ0v) is 10.7. The molecule has 0 unspecified atom stereocenters. The Morgan fingerprint density at radius 2 is 1.88 bits per heavy atom. The van der Waals surface area contributed by atoms with Crippen LogP contribution in [0.1, 0.15) is 27.7 Å². The van der Waals surface area contributed by atoms with Crippen LogP contribution in [0.25, 0.3) is 0 Å². The van der Waals surface area contributed by atoms with Gasteiger partial charge in [0.1, 0.15) is 0 Å². The van der Waals surface area contributed by atoms with Crippen LogP contribution in [0.3, 0.4) is 0 Å². The highest BCUT2D eigenvalue weighted by molar-refractivity contribution is 5.77. The number of ether oxygens (including phenoxy) is 1. The van der Waals surface area contributed by atoms with Crippen LogP contribution >= 0.6 is 0 Å². The van der Waals surface area contributed by atoms with Gasteiger partial charge in [-0.15, -0.1) is 0 Å². The second-order valence-electron chi connectivity index (χ2n) is 4.84. The average molecular weight is 230 g/mol. The summed E-state index contributed by atoms with van der Waals surface area (Å²) in [7, 11) is 1.36. The van der Waals surface area contributed by atoms with E-state index in [1.54, 1.807) is 13.8 Å². The molecule has 0 aromatic carbocycles. The molecule has 0 saturated carbocycles. The van der Waals surface area contributed by atoms with Crippen LogP contribution < -0.4 is 5.73 Å². The highest BCUT2D eigenvalue weighted by atomic mass is 16.5. The number of amides is 1. The molecule has 0 aliphatic carbocycles. The number of carbonyl (C=O) groups is 2. The summed E-state index contributed by atoms with van der Waals surface area (Å²) in [5.74, 6) is -0.683. The number of carbonyl (C=O) groups excluding carboxylic acids is 2. The largest absolute Gasteiger partial charge is 0.469 e. The molecule has 0 rings (SSSR count). The second-order valence-corrected chi connectivity index (χ2v) is 4.84. The smallest absolute Gasteiger partial charge is 0.312 e. The lowest BCUT2D eigenvalue weighted by Crippen LogP contribution is -2.46. The van der Waals surface area contributed by atoms with E-state index in [2.05, 4.69) is 0 Å². The molecular weight excluding hydrogens is 208 g/mol. The maximum atomic E-state index is 11.5. The molecule has 94 valence electrons. The lowest BCUT2D eigenvalue weighted by molar-refractivity contribution is -0.152. The monoisotopic (exact) mass is 230 g/mol. The topological polar surface area (TPSA) is 72.6 Å². The van der Waals surface area contributed by atoms with Crippen LogP contribution in [0, 0.1) is 5.41 Å². The van der Waals surface area contributed by atoms with E-state index in [0.717, 1.165) is 0 Å². The fraction of sp³-hybridized carbons (Fsp3) is 0.818. The molecule has 0 heterocycles. The normalized spacial score (nSPS) is 11.9. The summed E-state index contributed by atoms with van der Waals surface area (Å²) in [6, 6.07) is 0.149. The van der Waals surface area contributed by atoms with Crippen molar-refractivity contribution in [3.05, 3.63) is 0 Å². The van der Waals surface area contributed by atoms with Crippen LogP contribution in [0.15, 0.2) is 0 Å². The van der Waals surface area contributed by atoms with E-state index in [-0.39, 0.29) is 18.6 Å². The zero-order valence-electron chi connectivity index (χ0n) is 10.7. The van der Waals surface area contributed by atoms with Crippen molar-refractivity contribution in [2.45, 2.75) is 33.7 Å². The van der Waals surface area contributed by atoms with E-state index >= 15 is 0 Å². The Balaban J connectivity index is 4.61. The Hall–Kier alpha value is -1.10. The third-order valence-corrected chi connectivity index (χ3v) is 2.43. The van der Waals surface area contributed by atoms with Gasteiger partial charge in [-0.25, -0.2) is 0 Å². The molecule has 0 spiro atoms. The molecule has 0 atom stereocenters. The van der Waals surface area contributed by atoms with E-state index in [1.165, 1.54) is 7.11 Å². The molecule has 0 aromatic heterocycles. The maximum Gasteiger partial charge on any atom is 0.312 e. The molecule has 2 N–H and O–H groups in total. The summed E-state index contributed by atoms with van der Waals surface area (Å²) in [6.07, 6.45) is 0. The fourth-order valence-electron chi connectivity index (χ4n) is 1.47. The quantitative estimate of drug-likeness (QED) is 0.670. The molecule has 1 amide bonds.